The van der Waals surface area contributed by atoms with E-state index >= 15 is 0 Å². The fourth-order valence-corrected chi connectivity index (χ4v) is 3.33. The number of anilines is 1. The highest BCUT2D eigenvalue weighted by Crippen LogP contribution is 2.32. The number of aromatic nitrogens is 1. The van der Waals surface area contributed by atoms with Gasteiger partial charge in [-0.2, -0.15) is 0 Å². The standard InChI is InChI=1S/C14H21N3O2/c1-9-8-13(19-17-9)16-14(18)12-7-6-10-4-2-3-5-11(10)15-12/h8,10-12,15H,2-7H2,1H3,(H,16,18). The highest BCUT2D eigenvalue weighted by atomic mass is 16.5. The van der Waals surface area contributed by atoms with Gasteiger partial charge in [0.15, 0.2) is 0 Å². The molecule has 5 heteroatoms. The van der Waals surface area contributed by atoms with Gasteiger partial charge in [-0.1, -0.05) is 18.0 Å². The molecule has 2 N–H and O–H groups in total. The first-order valence-electron chi connectivity index (χ1n) is 7.22. The molecule has 0 radical (unpaired) electrons. The number of hydrogen-bond acceptors (Lipinski definition) is 4. The molecule has 3 rings (SSSR count). The zero-order valence-corrected chi connectivity index (χ0v) is 11.3. The second kappa shape index (κ2) is 5.33. The fraction of sp³-hybridized carbons (Fsp3) is 0.714. The van der Waals surface area contributed by atoms with E-state index in [0.717, 1.165) is 24.5 Å². The van der Waals surface area contributed by atoms with Crippen molar-refractivity contribution >= 4 is 11.8 Å². The minimum absolute atomic E-state index is 0.000161. The third-order valence-electron chi connectivity index (χ3n) is 4.34. The van der Waals surface area contributed by atoms with Crippen LogP contribution >= 0.6 is 0 Å². The summed E-state index contributed by atoms with van der Waals surface area (Å²) < 4.78 is 5.02. The van der Waals surface area contributed by atoms with Crippen molar-refractivity contribution in [1.82, 2.24) is 10.5 Å². The molecule has 0 spiro atoms. The van der Waals surface area contributed by atoms with Crippen molar-refractivity contribution in [3.8, 4) is 0 Å². The number of aryl methyl sites for hydroxylation is 1. The predicted octanol–water partition coefficient (Wildman–Crippen LogP) is 2.23. The zero-order valence-electron chi connectivity index (χ0n) is 11.3. The van der Waals surface area contributed by atoms with Gasteiger partial charge in [0.1, 0.15) is 0 Å². The van der Waals surface area contributed by atoms with Gasteiger partial charge in [0, 0.05) is 12.1 Å². The van der Waals surface area contributed by atoms with Gasteiger partial charge in [-0.15, -0.1) is 0 Å². The highest BCUT2D eigenvalue weighted by molar-refractivity contribution is 5.93. The van der Waals surface area contributed by atoms with Crippen LogP contribution in [0.4, 0.5) is 5.88 Å². The number of carbonyl (C=O) groups is 1. The molecule has 5 nitrogen and oxygen atoms in total. The first-order chi connectivity index (χ1) is 9.22. The van der Waals surface area contributed by atoms with E-state index in [4.69, 9.17) is 4.52 Å². The largest absolute Gasteiger partial charge is 0.338 e. The number of nitrogens with zero attached hydrogens (tertiary/aromatic N) is 1. The minimum Gasteiger partial charge on any atom is -0.338 e. The van der Waals surface area contributed by atoms with Gasteiger partial charge >= 0.3 is 0 Å². The van der Waals surface area contributed by atoms with Crippen LogP contribution in [0.2, 0.25) is 0 Å². The molecule has 3 unspecified atom stereocenters. The average molecular weight is 263 g/mol. The minimum atomic E-state index is -0.0928. The summed E-state index contributed by atoms with van der Waals surface area (Å²) in [4.78, 5) is 12.2. The van der Waals surface area contributed by atoms with Gasteiger partial charge in [-0.25, -0.2) is 0 Å². The topological polar surface area (TPSA) is 67.2 Å². The first kappa shape index (κ1) is 12.7. The zero-order chi connectivity index (χ0) is 13.2. The molecule has 1 aromatic rings. The summed E-state index contributed by atoms with van der Waals surface area (Å²) >= 11 is 0. The number of piperidine rings is 1. The molecule has 104 valence electrons. The van der Waals surface area contributed by atoms with Crippen LogP contribution in [-0.4, -0.2) is 23.1 Å². The molecule has 2 fully saturated rings. The number of fused-ring (bicyclic) bond motifs is 1. The van der Waals surface area contributed by atoms with Crippen LogP contribution in [0.5, 0.6) is 0 Å². The Labute approximate surface area is 113 Å². The molecule has 2 heterocycles. The quantitative estimate of drug-likeness (QED) is 0.858. The fourth-order valence-electron chi connectivity index (χ4n) is 3.33. The van der Waals surface area contributed by atoms with Crippen LogP contribution in [0.25, 0.3) is 0 Å². The van der Waals surface area contributed by atoms with Crippen LogP contribution in [-0.2, 0) is 4.79 Å². The Kier molecular flexibility index (Phi) is 3.55. The molecular weight excluding hydrogens is 242 g/mol. The van der Waals surface area contributed by atoms with Crippen molar-refractivity contribution in [2.45, 2.75) is 57.5 Å². The maximum Gasteiger partial charge on any atom is 0.243 e. The normalized spacial score (nSPS) is 30.7. The van der Waals surface area contributed by atoms with E-state index in [1.54, 1.807) is 6.07 Å². The van der Waals surface area contributed by atoms with Crippen LogP contribution < -0.4 is 10.6 Å². The van der Waals surface area contributed by atoms with Crippen LogP contribution in [0.1, 0.15) is 44.2 Å². The Morgan fingerprint density at radius 3 is 3.00 bits per heavy atom. The highest BCUT2D eigenvalue weighted by Gasteiger charge is 2.34. The second-order valence-corrected chi connectivity index (χ2v) is 5.77. The van der Waals surface area contributed by atoms with Gasteiger partial charge < -0.3 is 9.84 Å². The van der Waals surface area contributed by atoms with Gasteiger partial charge in [0.25, 0.3) is 0 Å². The van der Waals surface area contributed by atoms with E-state index in [-0.39, 0.29) is 11.9 Å². The molecule has 2 aliphatic rings. The van der Waals surface area contributed by atoms with Gasteiger partial charge in [-0.3, -0.25) is 10.1 Å². The average Bonchev–Trinajstić information content (AvgIpc) is 2.83. The van der Waals surface area contributed by atoms with E-state index in [2.05, 4.69) is 15.8 Å². The van der Waals surface area contributed by atoms with Gasteiger partial charge in [-0.05, 0) is 38.5 Å². The first-order valence-corrected chi connectivity index (χ1v) is 7.22. The maximum absolute atomic E-state index is 12.2. The van der Waals surface area contributed by atoms with E-state index in [9.17, 15) is 4.79 Å². The SMILES string of the molecule is Cc1cc(NC(=O)C2CCC3CCCCC3N2)on1. The number of nitrogens with one attached hydrogen (secondary N) is 2. The summed E-state index contributed by atoms with van der Waals surface area (Å²) in [6, 6.07) is 2.17. The van der Waals surface area contributed by atoms with Gasteiger partial charge in [0.2, 0.25) is 11.8 Å². The van der Waals surface area contributed by atoms with E-state index in [1.807, 2.05) is 6.92 Å². The maximum atomic E-state index is 12.2. The summed E-state index contributed by atoms with van der Waals surface area (Å²) in [6.07, 6.45) is 7.22. The molecule has 1 aliphatic carbocycles. The lowest BCUT2D eigenvalue weighted by molar-refractivity contribution is -0.119. The monoisotopic (exact) mass is 263 g/mol. The summed E-state index contributed by atoms with van der Waals surface area (Å²) in [6.45, 7) is 1.84. The molecule has 19 heavy (non-hydrogen) atoms. The molecule has 0 aromatic carbocycles. The number of hydrogen-bond donors (Lipinski definition) is 2. The summed E-state index contributed by atoms with van der Waals surface area (Å²) in [5.41, 5.74) is 0.777. The number of rotatable bonds is 2. The predicted molar refractivity (Wildman–Crippen MR) is 71.8 cm³/mol. The Balaban J connectivity index is 1.58. The van der Waals surface area contributed by atoms with E-state index in [0.29, 0.717) is 11.9 Å². The third-order valence-corrected chi connectivity index (χ3v) is 4.34. The lowest BCUT2D eigenvalue weighted by atomic mass is 9.77. The van der Waals surface area contributed by atoms with E-state index in [1.165, 1.54) is 25.7 Å². The summed E-state index contributed by atoms with van der Waals surface area (Å²) in [7, 11) is 0. The lowest BCUT2D eigenvalue weighted by Gasteiger charge is -2.39. The summed E-state index contributed by atoms with van der Waals surface area (Å²) in [5.74, 6) is 1.21. The molecule has 1 saturated carbocycles. The Morgan fingerprint density at radius 2 is 2.21 bits per heavy atom. The molecule has 3 atom stereocenters. The Bertz CT molecular complexity index is 457. The number of carbonyl (C=O) groups excluding carboxylic acids is 1. The molecular formula is C14H21N3O2. The van der Waals surface area contributed by atoms with Crippen molar-refractivity contribution < 1.29 is 9.32 Å². The van der Waals surface area contributed by atoms with Crippen molar-refractivity contribution in [1.29, 1.82) is 0 Å². The van der Waals surface area contributed by atoms with Crippen molar-refractivity contribution in [3.05, 3.63) is 11.8 Å². The Morgan fingerprint density at radius 1 is 1.37 bits per heavy atom. The van der Waals surface area contributed by atoms with Crippen molar-refractivity contribution in [2.24, 2.45) is 5.92 Å². The van der Waals surface area contributed by atoms with E-state index < -0.39 is 0 Å². The van der Waals surface area contributed by atoms with Crippen LogP contribution in [0, 0.1) is 12.8 Å². The van der Waals surface area contributed by atoms with Gasteiger partial charge in [0.05, 0.1) is 11.7 Å². The second-order valence-electron chi connectivity index (χ2n) is 5.77. The van der Waals surface area contributed by atoms with Crippen molar-refractivity contribution in [3.63, 3.8) is 0 Å². The molecule has 1 saturated heterocycles. The smallest absolute Gasteiger partial charge is 0.243 e. The van der Waals surface area contributed by atoms with Crippen molar-refractivity contribution in [2.75, 3.05) is 5.32 Å². The van der Waals surface area contributed by atoms with Crippen LogP contribution in [0.15, 0.2) is 10.6 Å². The molecule has 1 amide bonds. The third kappa shape index (κ3) is 2.81. The summed E-state index contributed by atoms with van der Waals surface area (Å²) in [5, 5.41) is 10.1. The molecule has 0 bridgehead atoms. The number of amides is 1. The molecule has 1 aromatic heterocycles. The molecule has 1 aliphatic heterocycles. The Hall–Kier alpha value is -1.36. The van der Waals surface area contributed by atoms with Crippen LogP contribution in [0.3, 0.4) is 0 Å². The lowest BCUT2D eigenvalue weighted by Crippen LogP contribution is -2.53.